The van der Waals surface area contributed by atoms with Gasteiger partial charge in [-0.3, -0.25) is 0 Å². The maximum absolute atomic E-state index is 5.51. The molecule has 0 bridgehead atoms. The van der Waals surface area contributed by atoms with E-state index in [1.54, 1.807) is 7.11 Å². The third-order valence-electron chi connectivity index (χ3n) is 4.29. The third-order valence-corrected chi connectivity index (χ3v) is 4.29. The number of likely N-dealkylation sites (N-methyl/N-ethyl adjacent to an activating group) is 1. The Morgan fingerprint density at radius 3 is 2.65 bits per heavy atom. The molecule has 0 aliphatic carbocycles. The Bertz CT molecular complexity index is 459. The summed E-state index contributed by atoms with van der Waals surface area (Å²) in [6.07, 6.45) is 2.27. The molecule has 1 aromatic carbocycles. The lowest BCUT2D eigenvalue weighted by molar-refractivity contribution is 0.315. The van der Waals surface area contributed by atoms with E-state index >= 15 is 0 Å². The zero-order valence-electron chi connectivity index (χ0n) is 13.4. The number of nitrogens with one attached hydrogen (secondary N) is 1. The monoisotopic (exact) mass is 277 g/mol. The highest BCUT2D eigenvalue weighted by Gasteiger charge is 2.26. The number of hydrogen-bond acceptors (Lipinski definition) is 4. The molecule has 1 fully saturated rings. The molecule has 2 rings (SSSR count). The van der Waals surface area contributed by atoms with Crippen molar-refractivity contribution in [1.82, 2.24) is 4.90 Å². The molecule has 1 aromatic rings. The van der Waals surface area contributed by atoms with Crippen LogP contribution in [0.15, 0.2) is 12.1 Å². The Morgan fingerprint density at radius 1 is 1.40 bits per heavy atom. The van der Waals surface area contributed by atoms with Crippen LogP contribution in [0.5, 0.6) is 5.75 Å². The number of methoxy groups -OCH3 is 1. The van der Waals surface area contributed by atoms with Gasteiger partial charge >= 0.3 is 0 Å². The standard InChI is InChI=1S/C16H27N3O/c1-6-12-9-14(17-2)16(20-5)10-15(12)19-8-7-13(11-19)18(3)4/h9-10,13,17H,6-8,11H2,1-5H3. The van der Waals surface area contributed by atoms with E-state index in [9.17, 15) is 0 Å². The minimum atomic E-state index is 0.648. The molecule has 4 nitrogen and oxygen atoms in total. The molecule has 1 atom stereocenters. The van der Waals surface area contributed by atoms with Crippen molar-refractivity contribution in [3.8, 4) is 5.75 Å². The minimum Gasteiger partial charge on any atom is -0.495 e. The lowest BCUT2D eigenvalue weighted by atomic mass is 10.1. The minimum absolute atomic E-state index is 0.648. The molecular weight excluding hydrogens is 250 g/mol. The van der Waals surface area contributed by atoms with Crippen molar-refractivity contribution < 1.29 is 4.74 Å². The molecule has 0 aromatic heterocycles. The van der Waals surface area contributed by atoms with Crippen molar-refractivity contribution in [2.75, 3.05) is 51.6 Å². The molecule has 112 valence electrons. The molecule has 1 aliphatic heterocycles. The number of aryl methyl sites for hydroxylation is 1. The first-order valence-corrected chi connectivity index (χ1v) is 7.40. The molecule has 1 unspecified atom stereocenters. The third kappa shape index (κ3) is 2.85. The fourth-order valence-corrected chi connectivity index (χ4v) is 2.94. The van der Waals surface area contributed by atoms with Crippen LogP contribution in [0.25, 0.3) is 0 Å². The summed E-state index contributed by atoms with van der Waals surface area (Å²) in [6, 6.07) is 5.05. The average Bonchev–Trinajstić information content (AvgIpc) is 2.95. The van der Waals surface area contributed by atoms with Crippen LogP contribution in [0.2, 0.25) is 0 Å². The molecule has 0 saturated carbocycles. The average molecular weight is 277 g/mol. The van der Waals surface area contributed by atoms with E-state index in [-0.39, 0.29) is 0 Å². The Labute approximate surface area is 122 Å². The Balaban J connectivity index is 2.31. The van der Waals surface area contributed by atoms with Gasteiger partial charge in [0.1, 0.15) is 5.75 Å². The van der Waals surface area contributed by atoms with E-state index in [4.69, 9.17) is 4.74 Å². The van der Waals surface area contributed by atoms with Gasteiger partial charge in [-0.1, -0.05) is 6.92 Å². The van der Waals surface area contributed by atoms with Crippen LogP contribution in [0.1, 0.15) is 18.9 Å². The second kappa shape index (κ2) is 6.35. The van der Waals surface area contributed by atoms with Gasteiger partial charge in [0.25, 0.3) is 0 Å². The molecule has 1 saturated heterocycles. The van der Waals surface area contributed by atoms with Crippen molar-refractivity contribution in [2.24, 2.45) is 0 Å². The van der Waals surface area contributed by atoms with Crippen LogP contribution < -0.4 is 15.0 Å². The van der Waals surface area contributed by atoms with Gasteiger partial charge in [-0.15, -0.1) is 0 Å². The van der Waals surface area contributed by atoms with E-state index < -0.39 is 0 Å². The number of nitrogens with zero attached hydrogens (tertiary/aromatic N) is 2. The first kappa shape index (κ1) is 15.0. The molecule has 1 aliphatic rings. The number of rotatable bonds is 5. The summed E-state index contributed by atoms with van der Waals surface area (Å²) in [6.45, 7) is 4.43. The van der Waals surface area contributed by atoms with Crippen molar-refractivity contribution in [1.29, 1.82) is 0 Å². The zero-order chi connectivity index (χ0) is 14.7. The number of anilines is 2. The summed E-state index contributed by atoms with van der Waals surface area (Å²) in [7, 11) is 8.01. The van der Waals surface area contributed by atoms with E-state index in [1.165, 1.54) is 17.7 Å². The molecule has 0 spiro atoms. The smallest absolute Gasteiger partial charge is 0.144 e. The first-order chi connectivity index (χ1) is 9.60. The van der Waals surface area contributed by atoms with Gasteiger partial charge in [0.2, 0.25) is 0 Å². The molecule has 0 radical (unpaired) electrons. The van der Waals surface area contributed by atoms with Gasteiger partial charge in [0, 0.05) is 37.9 Å². The lowest BCUT2D eigenvalue weighted by Crippen LogP contribution is -2.31. The van der Waals surface area contributed by atoms with Crippen molar-refractivity contribution >= 4 is 11.4 Å². The summed E-state index contributed by atoms with van der Waals surface area (Å²) in [5.74, 6) is 0.924. The van der Waals surface area contributed by atoms with Crippen LogP contribution in [-0.2, 0) is 6.42 Å². The molecule has 1 N–H and O–H groups in total. The Hall–Kier alpha value is -1.42. The SMILES string of the molecule is CCc1cc(NC)c(OC)cc1N1CCC(N(C)C)C1. The van der Waals surface area contributed by atoms with Gasteiger partial charge in [-0.05, 0) is 38.6 Å². The van der Waals surface area contributed by atoms with E-state index in [1.807, 2.05) is 7.05 Å². The molecule has 1 heterocycles. The normalized spacial score (nSPS) is 18.7. The number of benzene rings is 1. The van der Waals surface area contributed by atoms with Gasteiger partial charge in [0.15, 0.2) is 0 Å². The van der Waals surface area contributed by atoms with Crippen molar-refractivity contribution in [3.05, 3.63) is 17.7 Å². The second-order valence-corrected chi connectivity index (χ2v) is 5.64. The summed E-state index contributed by atoms with van der Waals surface area (Å²) in [5, 5.41) is 3.21. The molecular formula is C16H27N3O. The Kier molecular flexibility index (Phi) is 4.76. The highest BCUT2D eigenvalue weighted by Crippen LogP contribution is 2.35. The second-order valence-electron chi connectivity index (χ2n) is 5.64. The maximum Gasteiger partial charge on any atom is 0.144 e. The summed E-state index contributed by atoms with van der Waals surface area (Å²) in [5.41, 5.74) is 3.78. The molecule has 4 heteroatoms. The zero-order valence-corrected chi connectivity index (χ0v) is 13.4. The van der Waals surface area contributed by atoms with Crippen LogP contribution in [0.3, 0.4) is 0 Å². The van der Waals surface area contributed by atoms with Crippen LogP contribution in [0, 0.1) is 0 Å². The van der Waals surface area contributed by atoms with Gasteiger partial charge in [-0.2, -0.15) is 0 Å². The lowest BCUT2D eigenvalue weighted by Gasteiger charge is -2.25. The molecule has 0 amide bonds. The van der Waals surface area contributed by atoms with Crippen molar-refractivity contribution in [3.63, 3.8) is 0 Å². The summed E-state index contributed by atoms with van der Waals surface area (Å²) >= 11 is 0. The largest absolute Gasteiger partial charge is 0.495 e. The highest BCUT2D eigenvalue weighted by atomic mass is 16.5. The van der Waals surface area contributed by atoms with Crippen LogP contribution in [-0.4, -0.2) is 52.3 Å². The van der Waals surface area contributed by atoms with Gasteiger partial charge in [-0.25, -0.2) is 0 Å². The first-order valence-electron chi connectivity index (χ1n) is 7.40. The van der Waals surface area contributed by atoms with E-state index in [2.05, 4.69) is 48.3 Å². The maximum atomic E-state index is 5.51. The fourth-order valence-electron chi connectivity index (χ4n) is 2.94. The van der Waals surface area contributed by atoms with Gasteiger partial charge < -0.3 is 19.9 Å². The van der Waals surface area contributed by atoms with Crippen LogP contribution >= 0.6 is 0 Å². The van der Waals surface area contributed by atoms with Crippen molar-refractivity contribution in [2.45, 2.75) is 25.8 Å². The number of ether oxygens (including phenoxy) is 1. The van der Waals surface area contributed by atoms with E-state index in [0.717, 1.165) is 30.9 Å². The van der Waals surface area contributed by atoms with Crippen LogP contribution in [0.4, 0.5) is 11.4 Å². The quantitative estimate of drug-likeness (QED) is 0.894. The predicted molar refractivity (Wildman–Crippen MR) is 86.2 cm³/mol. The topological polar surface area (TPSA) is 27.7 Å². The highest BCUT2D eigenvalue weighted by molar-refractivity contribution is 5.69. The summed E-state index contributed by atoms with van der Waals surface area (Å²) in [4.78, 5) is 4.82. The number of hydrogen-bond donors (Lipinski definition) is 1. The predicted octanol–water partition coefficient (Wildman–Crippen LogP) is 2.44. The summed E-state index contributed by atoms with van der Waals surface area (Å²) < 4.78 is 5.51. The van der Waals surface area contributed by atoms with E-state index in [0.29, 0.717) is 6.04 Å². The Morgan fingerprint density at radius 2 is 2.15 bits per heavy atom. The van der Waals surface area contributed by atoms with Gasteiger partial charge in [0.05, 0.1) is 12.8 Å². The fraction of sp³-hybridized carbons (Fsp3) is 0.625. The molecule has 20 heavy (non-hydrogen) atoms.